The summed E-state index contributed by atoms with van der Waals surface area (Å²) in [6.07, 6.45) is 3.41. The molecule has 0 spiro atoms. The van der Waals surface area contributed by atoms with Crippen molar-refractivity contribution in [2.24, 2.45) is 0 Å². The second-order valence-corrected chi connectivity index (χ2v) is 5.97. The number of aryl methyl sites for hydroxylation is 1. The first kappa shape index (κ1) is 13.1. The Morgan fingerprint density at radius 2 is 2.20 bits per heavy atom. The van der Waals surface area contributed by atoms with E-state index in [9.17, 15) is 0 Å². The summed E-state index contributed by atoms with van der Waals surface area (Å²) in [4.78, 5) is 1.48. The predicted octanol–water partition coefficient (Wildman–Crippen LogP) is 3.85. The molecule has 2 atom stereocenters. The van der Waals surface area contributed by atoms with Crippen molar-refractivity contribution < 1.29 is 0 Å². The lowest BCUT2D eigenvalue weighted by atomic mass is 10.1. The lowest BCUT2D eigenvalue weighted by Gasteiger charge is -2.19. The topological polar surface area (TPSA) is 12.0 Å². The molecule has 15 heavy (non-hydrogen) atoms. The van der Waals surface area contributed by atoms with E-state index < -0.39 is 0 Å². The fraction of sp³-hybridized carbons (Fsp3) is 0.667. The van der Waals surface area contributed by atoms with Gasteiger partial charge in [0.2, 0.25) is 0 Å². The highest BCUT2D eigenvalue weighted by atomic mass is 32.2. The van der Waals surface area contributed by atoms with Crippen LogP contribution in [-0.2, 0) is 0 Å². The third kappa shape index (κ3) is 4.17. The predicted molar refractivity (Wildman–Crippen MR) is 73.1 cm³/mol. The van der Waals surface area contributed by atoms with Gasteiger partial charge in [-0.15, -0.1) is 11.3 Å². The van der Waals surface area contributed by atoms with Crippen molar-refractivity contribution in [3.63, 3.8) is 0 Å². The first-order valence-electron chi connectivity index (χ1n) is 5.44. The zero-order valence-corrected chi connectivity index (χ0v) is 11.7. The molecule has 86 valence electrons. The summed E-state index contributed by atoms with van der Waals surface area (Å²) >= 11 is 3.78. The van der Waals surface area contributed by atoms with Crippen LogP contribution >= 0.6 is 23.1 Å². The number of thiophene rings is 1. The van der Waals surface area contributed by atoms with Gasteiger partial charge in [0.15, 0.2) is 0 Å². The Bertz CT molecular complexity index is 283. The fourth-order valence-corrected chi connectivity index (χ4v) is 3.24. The van der Waals surface area contributed by atoms with Gasteiger partial charge in [0.05, 0.1) is 0 Å². The molecule has 0 aromatic carbocycles. The Morgan fingerprint density at radius 3 is 2.73 bits per heavy atom. The van der Waals surface area contributed by atoms with E-state index in [0.29, 0.717) is 12.1 Å². The molecule has 2 unspecified atom stereocenters. The maximum Gasteiger partial charge on any atom is 0.0390 e. The molecule has 0 amide bonds. The minimum absolute atomic E-state index is 0.488. The molecule has 0 aliphatic carbocycles. The summed E-state index contributed by atoms with van der Waals surface area (Å²) < 4.78 is 0. The third-order valence-electron chi connectivity index (χ3n) is 2.58. The van der Waals surface area contributed by atoms with Crippen molar-refractivity contribution in [2.75, 3.05) is 12.0 Å². The largest absolute Gasteiger partial charge is 0.307 e. The molecular weight excluding hydrogens is 222 g/mol. The number of hydrogen-bond donors (Lipinski definition) is 1. The molecule has 0 bridgehead atoms. The summed E-state index contributed by atoms with van der Waals surface area (Å²) in [7, 11) is 0. The molecule has 0 fully saturated rings. The van der Waals surface area contributed by atoms with Crippen LogP contribution < -0.4 is 5.32 Å². The Labute approximate surface area is 102 Å². The molecule has 0 saturated heterocycles. The summed E-state index contributed by atoms with van der Waals surface area (Å²) in [5, 5.41) is 5.83. The van der Waals surface area contributed by atoms with Crippen molar-refractivity contribution in [3.05, 3.63) is 21.9 Å². The lowest BCUT2D eigenvalue weighted by Crippen LogP contribution is -2.29. The van der Waals surface area contributed by atoms with E-state index in [0.717, 1.165) is 0 Å². The Balaban J connectivity index is 2.42. The third-order valence-corrected chi connectivity index (χ3v) is 4.43. The quantitative estimate of drug-likeness (QED) is 0.814. The van der Waals surface area contributed by atoms with E-state index in [-0.39, 0.29) is 0 Å². The van der Waals surface area contributed by atoms with Gasteiger partial charge in [-0.3, -0.25) is 0 Å². The maximum absolute atomic E-state index is 3.65. The van der Waals surface area contributed by atoms with Crippen LogP contribution in [0.1, 0.15) is 36.8 Å². The summed E-state index contributed by atoms with van der Waals surface area (Å²) in [6.45, 7) is 6.72. The number of hydrogen-bond acceptors (Lipinski definition) is 3. The first-order valence-corrected chi connectivity index (χ1v) is 7.71. The number of rotatable bonds is 6. The molecule has 1 heterocycles. The smallest absolute Gasteiger partial charge is 0.0390 e. The van der Waals surface area contributed by atoms with Crippen LogP contribution in [0.15, 0.2) is 11.4 Å². The van der Waals surface area contributed by atoms with E-state index in [1.54, 1.807) is 0 Å². The molecule has 1 nitrogen and oxygen atoms in total. The van der Waals surface area contributed by atoms with Gasteiger partial charge >= 0.3 is 0 Å². The normalized spacial score (nSPS) is 15.2. The minimum atomic E-state index is 0.488. The zero-order chi connectivity index (χ0) is 11.3. The molecule has 1 aromatic rings. The van der Waals surface area contributed by atoms with E-state index >= 15 is 0 Å². The molecule has 3 heteroatoms. The Hall–Kier alpha value is 0.0100. The maximum atomic E-state index is 3.65. The molecule has 1 rings (SSSR count). The fourth-order valence-electron chi connectivity index (χ4n) is 1.71. The highest BCUT2D eigenvalue weighted by Gasteiger charge is 2.12. The molecule has 0 saturated carbocycles. The average Bonchev–Trinajstić information content (AvgIpc) is 2.61. The van der Waals surface area contributed by atoms with Gasteiger partial charge in [-0.2, -0.15) is 11.8 Å². The van der Waals surface area contributed by atoms with Crippen LogP contribution in [0.3, 0.4) is 0 Å². The zero-order valence-electron chi connectivity index (χ0n) is 10.0. The van der Waals surface area contributed by atoms with Crippen LogP contribution in [0, 0.1) is 6.92 Å². The molecular formula is C12H21NS2. The minimum Gasteiger partial charge on any atom is -0.307 e. The molecule has 0 aliphatic rings. The summed E-state index contributed by atoms with van der Waals surface area (Å²) in [5.74, 6) is 1.24. The first-order chi connectivity index (χ1) is 7.15. The van der Waals surface area contributed by atoms with Crippen LogP contribution in [0.4, 0.5) is 0 Å². The highest BCUT2D eigenvalue weighted by Crippen LogP contribution is 2.24. The average molecular weight is 243 g/mol. The van der Waals surface area contributed by atoms with Gasteiger partial charge in [-0.25, -0.2) is 0 Å². The van der Waals surface area contributed by atoms with Gasteiger partial charge < -0.3 is 5.32 Å². The SMILES string of the molecule is CSCCC(C)NC(C)c1sccc1C. The van der Waals surface area contributed by atoms with Gasteiger partial charge in [0, 0.05) is 17.0 Å². The Kier molecular flexibility index (Phi) is 5.72. The van der Waals surface area contributed by atoms with E-state index in [1.807, 2.05) is 23.1 Å². The van der Waals surface area contributed by atoms with E-state index in [4.69, 9.17) is 0 Å². The number of thioether (sulfide) groups is 1. The monoisotopic (exact) mass is 243 g/mol. The molecule has 1 aromatic heterocycles. The van der Waals surface area contributed by atoms with Gasteiger partial charge in [-0.05, 0) is 56.2 Å². The molecule has 1 N–H and O–H groups in total. The van der Waals surface area contributed by atoms with Crippen LogP contribution in [-0.4, -0.2) is 18.1 Å². The lowest BCUT2D eigenvalue weighted by molar-refractivity contribution is 0.475. The van der Waals surface area contributed by atoms with Gasteiger partial charge in [0.1, 0.15) is 0 Å². The second kappa shape index (κ2) is 6.56. The standard InChI is InChI=1S/C12H21NS2/c1-9-5-8-15-12(9)11(3)13-10(2)6-7-14-4/h5,8,10-11,13H,6-7H2,1-4H3. The van der Waals surface area contributed by atoms with Crippen LogP contribution in [0.25, 0.3) is 0 Å². The Morgan fingerprint density at radius 1 is 1.47 bits per heavy atom. The van der Waals surface area contributed by atoms with Crippen molar-refractivity contribution in [2.45, 2.75) is 39.3 Å². The van der Waals surface area contributed by atoms with Crippen molar-refractivity contribution >= 4 is 23.1 Å². The van der Waals surface area contributed by atoms with Gasteiger partial charge in [0.25, 0.3) is 0 Å². The molecule has 0 radical (unpaired) electrons. The van der Waals surface area contributed by atoms with Crippen molar-refractivity contribution in [1.29, 1.82) is 0 Å². The second-order valence-electron chi connectivity index (χ2n) is 4.04. The van der Waals surface area contributed by atoms with Crippen LogP contribution in [0.5, 0.6) is 0 Å². The number of nitrogens with one attached hydrogen (secondary N) is 1. The van der Waals surface area contributed by atoms with E-state index in [2.05, 4.69) is 43.8 Å². The van der Waals surface area contributed by atoms with Crippen LogP contribution in [0.2, 0.25) is 0 Å². The van der Waals surface area contributed by atoms with Gasteiger partial charge in [-0.1, -0.05) is 0 Å². The summed E-state index contributed by atoms with van der Waals surface area (Å²) in [6, 6.07) is 3.29. The summed E-state index contributed by atoms with van der Waals surface area (Å²) in [5.41, 5.74) is 1.41. The van der Waals surface area contributed by atoms with Crippen molar-refractivity contribution in [1.82, 2.24) is 5.32 Å². The van der Waals surface area contributed by atoms with E-state index in [1.165, 1.54) is 22.6 Å². The van der Waals surface area contributed by atoms with Crippen molar-refractivity contribution in [3.8, 4) is 0 Å². The highest BCUT2D eigenvalue weighted by molar-refractivity contribution is 7.98. The molecule has 0 aliphatic heterocycles.